The van der Waals surface area contributed by atoms with E-state index >= 15 is 0 Å². The van der Waals surface area contributed by atoms with Crippen molar-refractivity contribution in [3.05, 3.63) is 36.3 Å². The van der Waals surface area contributed by atoms with Gasteiger partial charge in [0.25, 0.3) is 0 Å². The Morgan fingerprint density at radius 1 is 1.10 bits per heavy atom. The molecule has 1 saturated carbocycles. The fraction of sp³-hybridized carbons (Fsp3) is 0.609. The first kappa shape index (κ1) is 18.6. The second kappa shape index (κ2) is 6.91. The van der Waals surface area contributed by atoms with Gasteiger partial charge in [-0.15, -0.1) is 0 Å². The number of ether oxygens (including phenoxy) is 1. The summed E-state index contributed by atoms with van der Waals surface area (Å²) in [6.07, 6.45) is 8.59. The van der Waals surface area contributed by atoms with E-state index in [1.807, 2.05) is 18.3 Å². The van der Waals surface area contributed by atoms with Crippen molar-refractivity contribution < 1.29 is 9.13 Å². The number of nitrogens with zero attached hydrogens (tertiary/aromatic N) is 3. The molecule has 4 nitrogen and oxygen atoms in total. The van der Waals surface area contributed by atoms with Crippen LogP contribution in [0.1, 0.15) is 32.1 Å². The van der Waals surface area contributed by atoms with Crippen LogP contribution in [0.15, 0.2) is 35.4 Å². The summed E-state index contributed by atoms with van der Waals surface area (Å²) in [6.45, 7) is 6.74. The molecule has 0 N–H and O–H groups in total. The molecule has 3 aliphatic heterocycles. The van der Waals surface area contributed by atoms with Crippen LogP contribution < -0.4 is 0 Å². The van der Waals surface area contributed by atoms with Gasteiger partial charge in [0, 0.05) is 54.1 Å². The molecule has 4 aliphatic rings. The summed E-state index contributed by atoms with van der Waals surface area (Å²) in [7, 11) is 0. The first-order valence-corrected chi connectivity index (χ1v) is 11.7. The average molecular weight is 414 g/mol. The molecule has 3 saturated heterocycles. The van der Waals surface area contributed by atoms with Crippen molar-refractivity contribution in [1.29, 1.82) is 0 Å². The number of likely N-dealkylation sites (tertiary alicyclic amines) is 1. The lowest BCUT2D eigenvalue weighted by atomic mass is 9.75. The summed E-state index contributed by atoms with van der Waals surface area (Å²) in [5.41, 5.74) is 1.81. The first-order chi connectivity index (χ1) is 14.1. The van der Waals surface area contributed by atoms with E-state index in [0.717, 1.165) is 42.8 Å². The van der Waals surface area contributed by atoms with Crippen LogP contribution in [0, 0.1) is 16.6 Å². The topological polar surface area (TPSA) is 28.6 Å². The van der Waals surface area contributed by atoms with Gasteiger partial charge in [0.1, 0.15) is 5.82 Å². The highest BCUT2D eigenvalue weighted by Gasteiger charge is 2.53. The lowest BCUT2D eigenvalue weighted by molar-refractivity contribution is -0.198. The first-order valence-electron chi connectivity index (χ1n) is 10.9. The number of fused-ring (bicyclic) bond motifs is 1. The van der Waals surface area contributed by atoms with Crippen LogP contribution in [0.5, 0.6) is 0 Å². The predicted molar refractivity (Wildman–Crippen MR) is 113 cm³/mol. The molecular weight excluding hydrogens is 385 g/mol. The fourth-order valence-corrected chi connectivity index (χ4v) is 6.87. The molecule has 1 aromatic carbocycles. The van der Waals surface area contributed by atoms with Crippen LogP contribution in [0.2, 0.25) is 0 Å². The lowest BCUT2D eigenvalue weighted by Gasteiger charge is -2.57. The molecule has 2 aromatic rings. The summed E-state index contributed by atoms with van der Waals surface area (Å²) in [5, 5.41) is 0.619. The number of halogens is 1. The summed E-state index contributed by atoms with van der Waals surface area (Å²) in [6, 6.07) is 7.84. The molecule has 1 aliphatic carbocycles. The third kappa shape index (κ3) is 3.29. The molecule has 6 heteroatoms. The molecule has 1 atom stereocenters. The van der Waals surface area contributed by atoms with E-state index in [1.54, 1.807) is 18.0 Å². The van der Waals surface area contributed by atoms with Crippen molar-refractivity contribution in [2.24, 2.45) is 10.8 Å². The Kier molecular flexibility index (Phi) is 4.42. The minimum absolute atomic E-state index is 0.187. The maximum atomic E-state index is 14.1. The molecule has 1 unspecified atom stereocenters. The number of rotatable bonds is 3. The van der Waals surface area contributed by atoms with Gasteiger partial charge in [-0.3, -0.25) is 9.88 Å². The Labute approximate surface area is 175 Å². The SMILES string of the molecule is Fc1cccc2ncc(SN3CCC4(CCC(N5CC6(COC6)C5)C4)CC3)cc12. The van der Waals surface area contributed by atoms with Crippen molar-refractivity contribution in [2.45, 2.75) is 43.0 Å². The molecule has 1 aromatic heterocycles. The Morgan fingerprint density at radius 2 is 1.93 bits per heavy atom. The fourth-order valence-electron chi connectivity index (χ4n) is 5.93. The van der Waals surface area contributed by atoms with Gasteiger partial charge in [-0.1, -0.05) is 6.07 Å². The van der Waals surface area contributed by atoms with Crippen LogP contribution in [-0.4, -0.2) is 59.6 Å². The van der Waals surface area contributed by atoms with Crippen LogP contribution in [-0.2, 0) is 4.74 Å². The maximum Gasteiger partial charge on any atom is 0.132 e. The molecule has 4 heterocycles. The lowest BCUT2D eigenvalue weighted by Crippen LogP contribution is -2.67. The van der Waals surface area contributed by atoms with Gasteiger partial charge in [-0.2, -0.15) is 0 Å². The number of aromatic nitrogens is 1. The molecule has 2 spiro atoms. The zero-order valence-corrected chi connectivity index (χ0v) is 17.6. The molecule has 0 bridgehead atoms. The summed E-state index contributed by atoms with van der Waals surface area (Å²) in [5.74, 6) is -0.187. The minimum atomic E-state index is -0.187. The smallest absolute Gasteiger partial charge is 0.132 e. The third-order valence-corrected chi connectivity index (χ3v) is 8.81. The maximum absolute atomic E-state index is 14.1. The van der Waals surface area contributed by atoms with E-state index in [-0.39, 0.29) is 5.82 Å². The van der Waals surface area contributed by atoms with Gasteiger partial charge in [-0.05, 0) is 67.7 Å². The van der Waals surface area contributed by atoms with Gasteiger partial charge in [0.2, 0.25) is 0 Å². The Hall–Kier alpha value is -1.21. The van der Waals surface area contributed by atoms with E-state index in [2.05, 4.69) is 14.2 Å². The highest BCUT2D eigenvalue weighted by atomic mass is 32.2. The molecule has 0 radical (unpaired) electrons. The van der Waals surface area contributed by atoms with Gasteiger partial charge in [0.15, 0.2) is 0 Å². The number of hydrogen-bond donors (Lipinski definition) is 0. The third-order valence-electron chi connectivity index (χ3n) is 7.75. The molecule has 6 rings (SSSR count). The van der Waals surface area contributed by atoms with E-state index in [9.17, 15) is 4.39 Å². The van der Waals surface area contributed by atoms with E-state index in [1.165, 1.54) is 51.3 Å². The van der Waals surface area contributed by atoms with Crippen molar-refractivity contribution in [3.8, 4) is 0 Å². The number of benzene rings is 1. The molecular formula is C23H28FN3OS. The monoisotopic (exact) mass is 413 g/mol. The predicted octanol–water partition coefficient (Wildman–Crippen LogP) is 4.35. The Morgan fingerprint density at radius 3 is 2.69 bits per heavy atom. The average Bonchev–Trinajstić information content (AvgIpc) is 3.06. The van der Waals surface area contributed by atoms with Gasteiger partial charge in [-0.25, -0.2) is 8.70 Å². The zero-order valence-electron chi connectivity index (χ0n) is 16.8. The summed E-state index contributed by atoms with van der Waals surface area (Å²) in [4.78, 5) is 8.21. The van der Waals surface area contributed by atoms with Gasteiger partial charge < -0.3 is 4.74 Å². The second-order valence-electron chi connectivity index (χ2n) is 9.79. The van der Waals surface area contributed by atoms with E-state index in [0.29, 0.717) is 16.2 Å². The second-order valence-corrected chi connectivity index (χ2v) is 11.0. The highest BCUT2D eigenvalue weighted by Crippen LogP contribution is 2.51. The van der Waals surface area contributed by atoms with E-state index in [4.69, 9.17) is 4.74 Å². The Balaban J connectivity index is 1.05. The largest absolute Gasteiger partial charge is 0.380 e. The number of piperidine rings is 1. The van der Waals surface area contributed by atoms with Gasteiger partial charge >= 0.3 is 0 Å². The number of hydrogen-bond acceptors (Lipinski definition) is 5. The molecule has 29 heavy (non-hydrogen) atoms. The quantitative estimate of drug-likeness (QED) is 0.698. The van der Waals surface area contributed by atoms with Crippen LogP contribution >= 0.6 is 11.9 Å². The normalized spacial score (nSPS) is 28.7. The summed E-state index contributed by atoms with van der Waals surface area (Å²) < 4.78 is 22.0. The van der Waals surface area contributed by atoms with Crippen molar-refractivity contribution >= 4 is 22.9 Å². The molecule has 0 amide bonds. The van der Waals surface area contributed by atoms with Crippen LogP contribution in [0.25, 0.3) is 10.9 Å². The highest BCUT2D eigenvalue weighted by molar-refractivity contribution is 7.97. The summed E-state index contributed by atoms with van der Waals surface area (Å²) >= 11 is 1.74. The molecule has 4 fully saturated rings. The van der Waals surface area contributed by atoms with Crippen molar-refractivity contribution in [3.63, 3.8) is 0 Å². The zero-order chi connectivity index (χ0) is 19.5. The molecule has 154 valence electrons. The Bertz CT molecular complexity index is 917. The van der Waals surface area contributed by atoms with Crippen molar-refractivity contribution in [2.75, 3.05) is 39.4 Å². The number of pyridine rings is 1. The van der Waals surface area contributed by atoms with Crippen LogP contribution in [0.4, 0.5) is 4.39 Å². The van der Waals surface area contributed by atoms with Gasteiger partial charge in [0.05, 0.1) is 18.7 Å². The van der Waals surface area contributed by atoms with Crippen molar-refractivity contribution in [1.82, 2.24) is 14.2 Å². The minimum Gasteiger partial charge on any atom is -0.380 e. The van der Waals surface area contributed by atoms with Crippen LogP contribution in [0.3, 0.4) is 0 Å². The standard InChI is InChI=1S/C23H28FN3OS/c24-20-2-1-3-21-19(20)10-18(12-25-21)29-27-8-6-22(7-9-27)5-4-17(11-22)26-13-23(14-26)15-28-16-23/h1-3,10,12,17H,4-9,11,13-16H2. The van der Waals surface area contributed by atoms with E-state index < -0.39 is 0 Å².